The van der Waals surface area contributed by atoms with Gasteiger partial charge in [-0.05, 0) is 53.5 Å². The molecule has 2 aliphatic carbocycles. The van der Waals surface area contributed by atoms with Crippen molar-refractivity contribution in [1.29, 1.82) is 0 Å². The minimum atomic E-state index is 0.374. The zero-order chi connectivity index (χ0) is 15.0. The van der Waals surface area contributed by atoms with Crippen LogP contribution in [0, 0.1) is 11.3 Å². The van der Waals surface area contributed by atoms with E-state index in [1.165, 1.54) is 37.7 Å². The van der Waals surface area contributed by atoms with Gasteiger partial charge in [0.05, 0.1) is 0 Å². The van der Waals surface area contributed by atoms with Gasteiger partial charge in [0.25, 0.3) is 0 Å². The van der Waals surface area contributed by atoms with Crippen molar-refractivity contribution in [3.63, 3.8) is 0 Å². The van der Waals surface area contributed by atoms with Crippen LogP contribution in [0.15, 0.2) is 16.8 Å². The zero-order valence-electron chi connectivity index (χ0n) is 13.3. The second-order valence-corrected chi connectivity index (χ2v) is 8.19. The van der Waals surface area contributed by atoms with Gasteiger partial charge in [0.15, 0.2) is 0 Å². The van der Waals surface area contributed by atoms with E-state index in [0.29, 0.717) is 17.2 Å². The first kappa shape index (κ1) is 14.7. The average Bonchev–Trinajstić information content (AvgIpc) is 2.81. The fourth-order valence-electron chi connectivity index (χ4n) is 4.54. The maximum Gasteiger partial charge on any atom is 0.226 e. The Morgan fingerprint density at radius 2 is 2.05 bits per heavy atom. The summed E-state index contributed by atoms with van der Waals surface area (Å²) >= 11 is 1.77. The van der Waals surface area contributed by atoms with Crippen LogP contribution in [0.2, 0.25) is 0 Å². The number of nitrogens with zero attached hydrogens (tertiary/aromatic N) is 2. The third kappa shape index (κ3) is 2.83. The smallest absolute Gasteiger partial charge is 0.226 e. The first-order chi connectivity index (χ1) is 10.8. The molecule has 4 rings (SSSR count). The quantitative estimate of drug-likeness (QED) is 0.853. The van der Waals surface area contributed by atoms with Gasteiger partial charge in [-0.15, -0.1) is 0 Å². The fourth-order valence-corrected chi connectivity index (χ4v) is 5.20. The predicted molar refractivity (Wildman–Crippen MR) is 89.8 cm³/mol. The Morgan fingerprint density at radius 1 is 1.18 bits per heavy atom. The maximum atomic E-state index is 12.8. The molecule has 2 heterocycles. The molecule has 2 saturated carbocycles. The first-order valence-electron chi connectivity index (χ1n) is 8.79. The summed E-state index contributed by atoms with van der Waals surface area (Å²) in [5.41, 5.74) is 1.86. The van der Waals surface area contributed by atoms with Crippen molar-refractivity contribution in [2.24, 2.45) is 11.3 Å². The van der Waals surface area contributed by atoms with Crippen molar-refractivity contribution in [2.75, 3.05) is 26.2 Å². The topological polar surface area (TPSA) is 23.6 Å². The van der Waals surface area contributed by atoms with Gasteiger partial charge >= 0.3 is 0 Å². The summed E-state index contributed by atoms with van der Waals surface area (Å²) in [5, 5.41) is 4.39. The molecular formula is C18H26N2OS. The van der Waals surface area contributed by atoms with Gasteiger partial charge in [0, 0.05) is 38.6 Å². The molecule has 4 heteroatoms. The average molecular weight is 318 g/mol. The third-order valence-electron chi connectivity index (χ3n) is 5.97. The molecule has 3 aliphatic rings. The minimum absolute atomic E-state index is 0.374. The highest BCUT2D eigenvalue weighted by atomic mass is 32.1. The van der Waals surface area contributed by atoms with E-state index in [0.717, 1.165) is 39.1 Å². The van der Waals surface area contributed by atoms with Gasteiger partial charge in [0.1, 0.15) is 0 Å². The molecular weight excluding hydrogens is 292 g/mol. The summed E-state index contributed by atoms with van der Waals surface area (Å²) in [6.45, 7) is 5.08. The summed E-state index contributed by atoms with van der Waals surface area (Å²) in [6.07, 6.45) is 7.61. The minimum Gasteiger partial charge on any atom is -0.341 e. The van der Waals surface area contributed by atoms with E-state index in [4.69, 9.17) is 0 Å². The fraction of sp³-hybridized carbons (Fsp3) is 0.722. The van der Waals surface area contributed by atoms with E-state index in [2.05, 4.69) is 26.6 Å². The van der Waals surface area contributed by atoms with Crippen LogP contribution < -0.4 is 0 Å². The Hall–Kier alpha value is -0.870. The van der Waals surface area contributed by atoms with E-state index in [1.54, 1.807) is 11.3 Å². The number of carbonyl (C=O) groups excluding carboxylic acids is 1. The van der Waals surface area contributed by atoms with Crippen molar-refractivity contribution in [3.05, 3.63) is 22.4 Å². The van der Waals surface area contributed by atoms with E-state index in [1.807, 2.05) is 0 Å². The van der Waals surface area contributed by atoms with Crippen LogP contribution >= 0.6 is 11.3 Å². The van der Waals surface area contributed by atoms with Crippen molar-refractivity contribution >= 4 is 17.2 Å². The van der Waals surface area contributed by atoms with Crippen LogP contribution in [0.5, 0.6) is 0 Å². The van der Waals surface area contributed by atoms with E-state index in [9.17, 15) is 4.79 Å². The highest BCUT2D eigenvalue weighted by Crippen LogP contribution is 2.63. The lowest BCUT2D eigenvalue weighted by molar-refractivity contribution is -0.133. The molecule has 1 saturated heterocycles. The number of hydrogen-bond donors (Lipinski definition) is 0. The van der Waals surface area contributed by atoms with Crippen LogP contribution in [0.25, 0.3) is 0 Å². The lowest BCUT2D eigenvalue weighted by Crippen LogP contribution is -2.37. The molecule has 120 valence electrons. The van der Waals surface area contributed by atoms with Gasteiger partial charge in [-0.1, -0.05) is 12.8 Å². The second-order valence-electron chi connectivity index (χ2n) is 7.41. The molecule has 1 amide bonds. The Kier molecular flexibility index (Phi) is 3.99. The molecule has 1 aromatic rings. The molecule has 1 spiro atoms. The Bertz CT molecular complexity index is 521. The number of thiophene rings is 1. The second kappa shape index (κ2) is 5.97. The number of hydrogen-bond acceptors (Lipinski definition) is 3. The molecule has 1 atom stereocenters. The monoisotopic (exact) mass is 318 g/mol. The number of rotatable bonds is 3. The molecule has 0 N–H and O–H groups in total. The van der Waals surface area contributed by atoms with Crippen LogP contribution in [-0.4, -0.2) is 41.9 Å². The molecule has 1 aliphatic heterocycles. The van der Waals surface area contributed by atoms with Gasteiger partial charge in [-0.25, -0.2) is 0 Å². The highest BCUT2D eigenvalue weighted by Gasteiger charge is 2.59. The Balaban J connectivity index is 1.32. The first-order valence-corrected chi connectivity index (χ1v) is 9.73. The summed E-state index contributed by atoms with van der Waals surface area (Å²) in [5.74, 6) is 0.845. The predicted octanol–water partition coefficient (Wildman–Crippen LogP) is 3.36. The van der Waals surface area contributed by atoms with Gasteiger partial charge in [-0.2, -0.15) is 11.3 Å². The van der Waals surface area contributed by atoms with Crippen molar-refractivity contribution in [2.45, 2.75) is 45.1 Å². The molecule has 0 radical (unpaired) electrons. The van der Waals surface area contributed by atoms with Gasteiger partial charge < -0.3 is 4.90 Å². The molecule has 0 bridgehead atoms. The normalized spacial score (nSPS) is 28.0. The lowest BCUT2D eigenvalue weighted by Gasteiger charge is -2.23. The molecule has 3 nitrogen and oxygen atoms in total. The Morgan fingerprint density at radius 3 is 2.82 bits per heavy atom. The number of amides is 1. The van der Waals surface area contributed by atoms with Crippen molar-refractivity contribution in [3.8, 4) is 0 Å². The summed E-state index contributed by atoms with van der Waals surface area (Å²) in [7, 11) is 0. The summed E-state index contributed by atoms with van der Waals surface area (Å²) in [6, 6.07) is 2.21. The van der Waals surface area contributed by atoms with Gasteiger partial charge in [0.2, 0.25) is 5.91 Å². The van der Waals surface area contributed by atoms with E-state index < -0.39 is 0 Å². The van der Waals surface area contributed by atoms with E-state index in [-0.39, 0.29) is 0 Å². The number of carbonyl (C=O) groups is 1. The third-order valence-corrected chi connectivity index (χ3v) is 6.71. The zero-order valence-corrected chi connectivity index (χ0v) is 14.1. The van der Waals surface area contributed by atoms with Crippen molar-refractivity contribution in [1.82, 2.24) is 9.80 Å². The molecule has 22 heavy (non-hydrogen) atoms. The maximum absolute atomic E-state index is 12.8. The lowest BCUT2D eigenvalue weighted by atomic mass is 10.0. The van der Waals surface area contributed by atoms with Crippen LogP contribution in [-0.2, 0) is 11.3 Å². The summed E-state index contributed by atoms with van der Waals surface area (Å²) < 4.78 is 0. The molecule has 3 fully saturated rings. The summed E-state index contributed by atoms with van der Waals surface area (Å²) in [4.78, 5) is 17.5. The van der Waals surface area contributed by atoms with Crippen molar-refractivity contribution < 1.29 is 4.79 Å². The standard InChI is InChI=1S/C18H26N2OS/c21-17(16-12-18(16)5-1-2-6-18)20-8-3-7-19(9-10-20)13-15-4-11-22-14-15/h4,11,14,16H,1-3,5-10,12-13H2. The molecule has 0 aromatic carbocycles. The largest absolute Gasteiger partial charge is 0.341 e. The Labute approximate surface area is 137 Å². The van der Waals surface area contributed by atoms with Crippen LogP contribution in [0.4, 0.5) is 0 Å². The van der Waals surface area contributed by atoms with Crippen LogP contribution in [0.1, 0.15) is 44.1 Å². The molecule has 1 unspecified atom stereocenters. The SMILES string of the molecule is O=C(C1CC12CCCC2)N1CCCN(Cc2ccsc2)CC1. The molecule has 1 aromatic heterocycles. The van der Waals surface area contributed by atoms with Crippen LogP contribution in [0.3, 0.4) is 0 Å². The highest BCUT2D eigenvalue weighted by molar-refractivity contribution is 7.07. The van der Waals surface area contributed by atoms with Gasteiger partial charge in [-0.3, -0.25) is 9.69 Å². The van der Waals surface area contributed by atoms with E-state index >= 15 is 0 Å².